The number of aromatic nitrogens is 1. The lowest BCUT2D eigenvalue weighted by Crippen LogP contribution is -2.35. The van der Waals surface area contributed by atoms with E-state index in [9.17, 15) is 4.79 Å². The highest BCUT2D eigenvalue weighted by molar-refractivity contribution is 5.95. The number of nitrogens with two attached hydrogens (primary N) is 1. The predicted octanol–water partition coefficient (Wildman–Crippen LogP) is 2.32. The number of nitrogens with zero attached hydrogens (tertiary/aromatic N) is 2. The van der Waals surface area contributed by atoms with Crippen LogP contribution in [0.15, 0.2) is 12.3 Å². The van der Waals surface area contributed by atoms with Crippen LogP contribution in [0.4, 0.5) is 11.5 Å². The Morgan fingerprint density at radius 3 is 2.53 bits per heavy atom. The van der Waals surface area contributed by atoms with Gasteiger partial charge in [-0.1, -0.05) is 13.8 Å². The number of hydrogen-bond acceptors (Lipinski definition) is 5. The van der Waals surface area contributed by atoms with Gasteiger partial charge < -0.3 is 15.4 Å². The van der Waals surface area contributed by atoms with Crippen LogP contribution in [0.25, 0.3) is 0 Å². The van der Waals surface area contributed by atoms with E-state index in [1.54, 1.807) is 6.07 Å². The zero-order chi connectivity index (χ0) is 14.6. The Balaban J connectivity index is 3.14. The van der Waals surface area contributed by atoms with Crippen molar-refractivity contribution in [3.05, 3.63) is 17.8 Å². The fourth-order valence-corrected chi connectivity index (χ4v) is 1.86. The summed E-state index contributed by atoms with van der Waals surface area (Å²) in [5, 5.41) is 0. The van der Waals surface area contributed by atoms with E-state index < -0.39 is 5.97 Å². The average Bonchev–Trinajstić information content (AvgIpc) is 2.35. The molecule has 0 radical (unpaired) electrons. The molecule has 0 aliphatic rings. The first-order valence-corrected chi connectivity index (χ1v) is 6.47. The van der Waals surface area contributed by atoms with Crippen LogP contribution in [0.1, 0.15) is 38.1 Å². The summed E-state index contributed by atoms with van der Waals surface area (Å²) in [4.78, 5) is 18.1. The third-order valence-electron chi connectivity index (χ3n) is 2.81. The zero-order valence-electron chi connectivity index (χ0n) is 12.3. The fourth-order valence-electron chi connectivity index (χ4n) is 1.86. The highest BCUT2D eigenvalue weighted by atomic mass is 16.5. The molecule has 0 saturated heterocycles. The van der Waals surface area contributed by atoms with Gasteiger partial charge >= 0.3 is 5.97 Å². The minimum atomic E-state index is -0.436. The highest BCUT2D eigenvalue weighted by Gasteiger charge is 2.17. The monoisotopic (exact) mass is 265 g/mol. The number of carbonyl (C=O) groups excluding carboxylic acids is 1. The van der Waals surface area contributed by atoms with Crippen molar-refractivity contribution in [1.29, 1.82) is 0 Å². The summed E-state index contributed by atoms with van der Waals surface area (Å²) in [5.74, 6) is 0.816. The molecule has 0 spiro atoms. The van der Waals surface area contributed by atoms with Gasteiger partial charge in [0.25, 0.3) is 0 Å². The van der Waals surface area contributed by atoms with Crippen molar-refractivity contribution in [3.8, 4) is 0 Å². The Labute approximate surface area is 114 Å². The van der Waals surface area contributed by atoms with Gasteiger partial charge in [-0.3, -0.25) is 0 Å². The smallest absolute Gasteiger partial charge is 0.340 e. The molecule has 0 aliphatic heterocycles. The van der Waals surface area contributed by atoms with Crippen molar-refractivity contribution in [3.63, 3.8) is 0 Å². The van der Waals surface area contributed by atoms with Gasteiger partial charge in [0.15, 0.2) is 0 Å². The van der Waals surface area contributed by atoms with Gasteiger partial charge in [0.2, 0.25) is 0 Å². The summed E-state index contributed by atoms with van der Waals surface area (Å²) in [5.41, 5.74) is 6.46. The third kappa shape index (κ3) is 3.84. The van der Waals surface area contributed by atoms with Crippen LogP contribution >= 0.6 is 0 Å². The molecule has 106 valence electrons. The number of rotatable bonds is 5. The summed E-state index contributed by atoms with van der Waals surface area (Å²) in [7, 11) is 1.34. The molecule has 0 aliphatic carbocycles. The Hall–Kier alpha value is -1.78. The maximum absolute atomic E-state index is 11.7. The average molecular weight is 265 g/mol. The summed E-state index contributed by atoms with van der Waals surface area (Å²) >= 11 is 0. The lowest BCUT2D eigenvalue weighted by molar-refractivity contribution is 0.0602. The second-order valence-corrected chi connectivity index (χ2v) is 5.26. The van der Waals surface area contributed by atoms with Crippen LogP contribution < -0.4 is 10.6 Å². The number of anilines is 2. The quantitative estimate of drug-likeness (QED) is 0.827. The molecule has 1 rings (SSSR count). The van der Waals surface area contributed by atoms with E-state index in [2.05, 4.69) is 37.6 Å². The standard InChI is InChI=1S/C14H23N3O2/c1-9(2)8-17(10(3)4)13-6-11(14(18)19-5)12(15)7-16-13/h6-7,9-10H,8,15H2,1-5H3. The van der Waals surface area contributed by atoms with Crippen molar-refractivity contribution in [2.75, 3.05) is 24.3 Å². The number of esters is 1. The Kier molecular flexibility index (Phi) is 5.15. The fraction of sp³-hybridized carbons (Fsp3) is 0.571. The van der Waals surface area contributed by atoms with E-state index in [-0.39, 0.29) is 0 Å². The number of methoxy groups -OCH3 is 1. The molecule has 0 aromatic carbocycles. The number of hydrogen-bond donors (Lipinski definition) is 1. The molecule has 0 unspecified atom stereocenters. The molecule has 2 N–H and O–H groups in total. The molecular formula is C14H23N3O2. The van der Waals surface area contributed by atoms with Crippen molar-refractivity contribution in [1.82, 2.24) is 4.98 Å². The van der Waals surface area contributed by atoms with Crippen LogP contribution in [0.5, 0.6) is 0 Å². The first kappa shape index (κ1) is 15.3. The van der Waals surface area contributed by atoms with Crippen molar-refractivity contribution < 1.29 is 9.53 Å². The first-order valence-electron chi connectivity index (χ1n) is 6.47. The summed E-state index contributed by atoms with van der Waals surface area (Å²) < 4.78 is 4.73. The molecule has 0 amide bonds. The van der Waals surface area contributed by atoms with Crippen molar-refractivity contribution in [2.24, 2.45) is 5.92 Å². The molecule has 0 atom stereocenters. The van der Waals surface area contributed by atoms with E-state index in [1.165, 1.54) is 13.3 Å². The Morgan fingerprint density at radius 2 is 2.05 bits per heavy atom. The molecule has 0 fully saturated rings. The largest absolute Gasteiger partial charge is 0.465 e. The Bertz CT molecular complexity index is 444. The number of pyridine rings is 1. The molecule has 0 saturated carbocycles. The van der Waals surface area contributed by atoms with Crippen LogP contribution in [-0.4, -0.2) is 30.6 Å². The van der Waals surface area contributed by atoms with Gasteiger partial charge in [0, 0.05) is 12.6 Å². The van der Waals surface area contributed by atoms with Gasteiger partial charge in [-0.05, 0) is 25.8 Å². The van der Waals surface area contributed by atoms with Crippen LogP contribution in [0.2, 0.25) is 0 Å². The second kappa shape index (κ2) is 6.41. The van der Waals surface area contributed by atoms with Gasteiger partial charge in [0.1, 0.15) is 5.82 Å². The molecule has 1 aromatic rings. The molecule has 1 heterocycles. The van der Waals surface area contributed by atoms with E-state index in [0.29, 0.717) is 23.2 Å². The zero-order valence-corrected chi connectivity index (χ0v) is 12.3. The highest BCUT2D eigenvalue weighted by Crippen LogP contribution is 2.21. The minimum absolute atomic E-state index is 0.295. The molecule has 5 heteroatoms. The van der Waals surface area contributed by atoms with Crippen molar-refractivity contribution >= 4 is 17.5 Å². The van der Waals surface area contributed by atoms with Crippen LogP contribution in [-0.2, 0) is 4.74 Å². The topological polar surface area (TPSA) is 68.5 Å². The Morgan fingerprint density at radius 1 is 1.42 bits per heavy atom. The van der Waals surface area contributed by atoms with E-state index in [4.69, 9.17) is 10.5 Å². The first-order chi connectivity index (χ1) is 8.86. The summed E-state index contributed by atoms with van der Waals surface area (Å²) in [6.07, 6.45) is 1.51. The molecule has 19 heavy (non-hydrogen) atoms. The molecule has 5 nitrogen and oxygen atoms in total. The maximum atomic E-state index is 11.7. The van der Waals surface area contributed by atoms with E-state index in [0.717, 1.165) is 12.4 Å². The van der Waals surface area contributed by atoms with Crippen molar-refractivity contribution in [2.45, 2.75) is 33.7 Å². The minimum Gasteiger partial charge on any atom is -0.465 e. The number of ether oxygens (including phenoxy) is 1. The van der Waals surface area contributed by atoms with Crippen LogP contribution in [0, 0.1) is 5.92 Å². The van der Waals surface area contributed by atoms with E-state index >= 15 is 0 Å². The molecular weight excluding hydrogens is 242 g/mol. The molecule has 0 bridgehead atoms. The van der Waals surface area contributed by atoms with Gasteiger partial charge in [-0.25, -0.2) is 9.78 Å². The SMILES string of the molecule is COC(=O)c1cc(N(CC(C)C)C(C)C)ncc1N. The van der Waals surface area contributed by atoms with E-state index in [1.807, 2.05) is 0 Å². The maximum Gasteiger partial charge on any atom is 0.340 e. The van der Waals surface area contributed by atoms with Crippen LogP contribution in [0.3, 0.4) is 0 Å². The normalized spacial score (nSPS) is 10.9. The number of carbonyl (C=O) groups is 1. The summed E-state index contributed by atoms with van der Waals surface area (Å²) in [6, 6.07) is 1.99. The lowest BCUT2D eigenvalue weighted by atomic mass is 10.1. The van der Waals surface area contributed by atoms with Gasteiger partial charge in [-0.15, -0.1) is 0 Å². The molecule has 1 aromatic heterocycles. The number of nitrogen functional groups attached to an aromatic ring is 1. The van der Waals surface area contributed by atoms with Gasteiger partial charge in [0.05, 0.1) is 24.6 Å². The third-order valence-corrected chi connectivity index (χ3v) is 2.81. The lowest BCUT2D eigenvalue weighted by Gasteiger charge is -2.30. The predicted molar refractivity (Wildman–Crippen MR) is 77.3 cm³/mol. The summed E-state index contributed by atoms with van der Waals surface area (Å²) in [6.45, 7) is 9.35. The second-order valence-electron chi connectivity index (χ2n) is 5.26. The van der Waals surface area contributed by atoms with Gasteiger partial charge in [-0.2, -0.15) is 0 Å².